The number of urea groups is 1. The second-order valence-electron chi connectivity index (χ2n) is 4.02. The quantitative estimate of drug-likeness (QED) is 0.596. The van der Waals surface area contributed by atoms with Crippen molar-refractivity contribution in [3.05, 3.63) is 64.5 Å². The summed E-state index contributed by atoms with van der Waals surface area (Å²) in [5.41, 5.74) is 5.78. The highest BCUT2D eigenvalue weighted by Crippen LogP contribution is 2.15. The van der Waals surface area contributed by atoms with E-state index in [4.69, 9.17) is 0 Å². The Bertz CT molecular complexity index is 643. The Morgan fingerprint density at radius 1 is 1.00 bits per heavy atom. The number of hydrogen-bond donors (Lipinski definition) is 3. The molecule has 0 fully saturated rings. The molecule has 2 aromatic carbocycles. The fourth-order valence-electron chi connectivity index (χ4n) is 1.49. The van der Waals surface area contributed by atoms with E-state index in [1.54, 1.807) is 0 Å². The van der Waals surface area contributed by atoms with Gasteiger partial charge in [-0.15, -0.1) is 0 Å². The number of carbonyl (C=O) groups excluding carboxylic acids is 1. The van der Waals surface area contributed by atoms with Crippen LogP contribution in [0.5, 0.6) is 0 Å². The van der Waals surface area contributed by atoms with Crippen molar-refractivity contribution in [2.24, 2.45) is 0 Å². The lowest BCUT2D eigenvalue weighted by atomic mass is 10.3. The molecular formula is C13H11FN4O3. The van der Waals surface area contributed by atoms with Crippen molar-refractivity contribution < 1.29 is 14.1 Å². The highest BCUT2D eigenvalue weighted by atomic mass is 19.1. The SMILES string of the molecule is O=C(NNc1ccc(F)cc1)Nc1ccc([N+](=O)[O-])cc1. The van der Waals surface area contributed by atoms with Gasteiger partial charge in [0, 0.05) is 17.8 Å². The first kappa shape index (κ1) is 14.3. The number of nitrogens with zero attached hydrogens (tertiary/aromatic N) is 1. The molecule has 0 heterocycles. The molecule has 0 bridgehead atoms. The summed E-state index contributed by atoms with van der Waals surface area (Å²) in [4.78, 5) is 21.5. The Balaban J connectivity index is 1.86. The Morgan fingerprint density at radius 3 is 2.14 bits per heavy atom. The van der Waals surface area contributed by atoms with Crippen molar-refractivity contribution in [2.75, 3.05) is 10.7 Å². The van der Waals surface area contributed by atoms with Crippen LogP contribution in [0.2, 0.25) is 0 Å². The number of non-ortho nitro benzene ring substituents is 1. The van der Waals surface area contributed by atoms with Gasteiger partial charge in [0.05, 0.1) is 10.6 Å². The van der Waals surface area contributed by atoms with Gasteiger partial charge in [-0.3, -0.25) is 21.0 Å². The van der Waals surface area contributed by atoms with Crippen molar-refractivity contribution in [1.82, 2.24) is 5.43 Å². The molecule has 0 aliphatic heterocycles. The van der Waals surface area contributed by atoms with Crippen LogP contribution in [0, 0.1) is 15.9 Å². The van der Waals surface area contributed by atoms with Gasteiger partial charge in [0.25, 0.3) is 5.69 Å². The van der Waals surface area contributed by atoms with Gasteiger partial charge in [-0.1, -0.05) is 0 Å². The largest absolute Gasteiger partial charge is 0.337 e. The number of nitro groups is 1. The van der Waals surface area contributed by atoms with E-state index >= 15 is 0 Å². The zero-order valence-corrected chi connectivity index (χ0v) is 10.7. The number of nitro benzene ring substituents is 1. The molecular weight excluding hydrogens is 279 g/mol. The van der Waals surface area contributed by atoms with Gasteiger partial charge in [-0.05, 0) is 36.4 Å². The standard InChI is InChI=1S/C13H11FN4O3/c14-9-1-3-11(4-2-9)16-17-13(19)15-10-5-7-12(8-6-10)18(20)21/h1-8,16H,(H2,15,17,19). The van der Waals surface area contributed by atoms with E-state index in [-0.39, 0.29) is 11.5 Å². The van der Waals surface area contributed by atoms with Gasteiger partial charge in [-0.25, -0.2) is 9.18 Å². The number of nitrogens with one attached hydrogen (secondary N) is 3. The summed E-state index contributed by atoms with van der Waals surface area (Å²) in [7, 11) is 0. The van der Waals surface area contributed by atoms with Gasteiger partial charge >= 0.3 is 6.03 Å². The molecule has 0 saturated carbocycles. The first-order valence-corrected chi connectivity index (χ1v) is 5.87. The van der Waals surface area contributed by atoms with E-state index in [9.17, 15) is 19.3 Å². The second kappa shape index (κ2) is 6.33. The first-order chi connectivity index (χ1) is 10.0. The van der Waals surface area contributed by atoms with Crippen molar-refractivity contribution in [2.45, 2.75) is 0 Å². The summed E-state index contributed by atoms with van der Waals surface area (Å²) >= 11 is 0. The zero-order valence-electron chi connectivity index (χ0n) is 10.7. The topological polar surface area (TPSA) is 96.3 Å². The minimum Gasteiger partial charge on any atom is -0.307 e. The lowest BCUT2D eigenvalue weighted by molar-refractivity contribution is -0.384. The highest BCUT2D eigenvalue weighted by Gasteiger charge is 2.06. The van der Waals surface area contributed by atoms with E-state index < -0.39 is 11.0 Å². The van der Waals surface area contributed by atoms with Gasteiger partial charge in [0.15, 0.2) is 0 Å². The lowest BCUT2D eigenvalue weighted by Gasteiger charge is -2.09. The molecule has 3 N–H and O–H groups in total. The number of benzene rings is 2. The number of hydrogen-bond acceptors (Lipinski definition) is 4. The van der Waals surface area contributed by atoms with Crippen molar-refractivity contribution in [3.63, 3.8) is 0 Å². The fourth-order valence-corrected chi connectivity index (χ4v) is 1.49. The fraction of sp³-hybridized carbons (Fsp3) is 0. The number of carbonyl (C=O) groups is 1. The van der Waals surface area contributed by atoms with Gasteiger partial charge in [0.2, 0.25) is 0 Å². The number of hydrazine groups is 1. The van der Waals surface area contributed by atoms with Crippen LogP contribution in [0.15, 0.2) is 48.5 Å². The third kappa shape index (κ3) is 4.16. The van der Waals surface area contributed by atoms with E-state index in [1.165, 1.54) is 48.5 Å². The summed E-state index contributed by atoms with van der Waals surface area (Å²) in [6, 6.07) is 10.2. The first-order valence-electron chi connectivity index (χ1n) is 5.87. The molecule has 0 atom stereocenters. The monoisotopic (exact) mass is 290 g/mol. The Hall–Kier alpha value is -3.16. The molecule has 0 aliphatic carbocycles. The second-order valence-corrected chi connectivity index (χ2v) is 4.02. The molecule has 8 heteroatoms. The molecule has 2 aromatic rings. The van der Waals surface area contributed by atoms with E-state index in [0.717, 1.165) is 0 Å². The summed E-state index contributed by atoms with van der Waals surface area (Å²) in [6.45, 7) is 0. The van der Waals surface area contributed by atoms with Gasteiger partial charge < -0.3 is 5.32 Å². The van der Waals surface area contributed by atoms with Crippen LogP contribution in [-0.4, -0.2) is 11.0 Å². The molecule has 0 spiro atoms. The van der Waals surface area contributed by atoms with Crippen molar-refractivity contribution in [1.29, 1.82) is 0 Å². The maximum absolute atomic E-state index is 12.7. The lowest BCUT2D eigenvalue weighted by Crippen LogP contribution is -2.33. The summed E-state index contributed by atoms with van der Waals surface area (Å²) in [5, 5.41) is 13.0. The number of amides is 2. The molecule has 0 radical (unpaired) electrons. The molecule has 7 nitrogen and oxygen atoms in total. The van der Waals surface area contributed by atoms with E-state index in [2.05, 4.69) is 16.2 Å². The van der Waals surface area contributed by atoms with Crippen LogP contribution in [-0.2, 0) is 0 Å². The van der Waals surface area contributed by atoms with Crippen molar-refractivity contribution >= 4 is 23.1 Å². The average molecular weight is 290 g/mol. The molecule has 0 aromatic heterocycles. The predicted octanol–water partition coefficient (Wildman–Crippen LogP) is 2.88. The van der Waals surface area contributed by atoms with Crippen LogP contribution in [0.3, 0.4) is 0 Å². The van der Waals surface area contributed by atoms with Gasteiger partial charge in [0.1, 0.15) is 5.82 Å². The minimum atomic E-state index is -0.562. The van der Waals surface area contributed by atoms with Crippen LogP contribution in [0.1, 0.15) is 0 Å². The molecule has 0 saturated heterocycles. The Labute approximate surface area is 118 Å². The molecule has 21 heavy (non-hydrogen) atoms. The molecule has 2 amide bonds. The number of rotatable bonds is 4. The van der Waals surface area contributed by atoms with E-state index in [1.807, 2.05) is 0 Å². The smallest absolute Gasteiger partial charge is 0.307 e. The Morgan fingerprint density at radius 2 is 1.57 bits per heavy atom. The zero-order chi connectivity index (χ0) is 15.2. The average Bonchev–Trinajstić information content (AvgIpc) is 2.47. The molecule has 2 rings (SSSR count). The molecule has 0 aliphatic rings. The summed E-state index contributed by atoms with van der Waals surface area (Å²) < 4.78 is 12.7. The summed E-state index contributed by atoms with van der Waals surface area (Å²) in [6.07, 6.45) is 0. The van der Waals surface area contributed by atoms with Gasteiger partial charge in [-0.2, -0.15) is 0 Å². The van der Waals surface area contributed by atoms with E-state index in [0.29, 0.717) is 11.4 Å². The maximum atomic E-state index is 12.7. The third-order valence-electron chi connectivity index (χ3n) is 2.50. The number of halogens is 1. The van der Waals surface area contributed by atoms with Crippen LogP contribution < -0.4 is 16.2 Å². The maximum Gasteiger partial charge on any atom is 0.337 e. The molecule has 0 unspecified atom stereocenters. The predicted molar refractivity (Wildman–Crippen MR) is 75.3 cm³/mol. The van der Waals surface area contributed by atoms with Crippen LogP contribution in [0.25, 0.3) is 0 Å². The normalized spacial score (nSPS) is 9.76. The third-order valence-corrected chi connectivity index (χ3v) is 2.50. The summed E-state index contributed by atoms with van der Waals surface area (Å²) in [5.74, 6) is -0.379. The highest BCUT2D eigenvalue weighted by molar-refractivity contribution is 5.90. The molecule has 108 valence electrons. The van der Waals surface area contributed by atoms with Crippen molar-refractivity contribution in [3.8, 4) is 0 Å². The van der Waals surface area contributed by atoms with Crippen LogP contribution >= 0.6 is 0 Å². The minimum absolute atomic E-state index is 0.0644. The Kier molecular flexibility index (Phi) is 4.30. The number of anilines is 2. The van der Waals surface area contributed by atoms with Crippen LogP contribution in [0.4, 0.5) is 26.2 Å².